The summed E-state index contributed by atoms with van der Waals surface area (Å²) in [6.45, 7) is 0. The molecule has 0 aromatic heterocycles. The second-order valence-electron chi connectivity index (χ2n) is 3.15. The van der Waals surface area contributed by atoms with Crippen molar-refractivity contribution in [1.29, 1.82) is 0 Å². The molecule has 0 aliphatic heterocycles. The van der Waals surface area contributed by atoms with Gasteiger partial charge in [-0.3, -0.25) is 4.79 Å². The molecular weight excluding hydrogens is 324 g/mol. The average Bonchev–Trinajstić information content (AvgIpc) is 2.22. The molecule has 0 aliphatic carbocycles. The number of hydrogen-bond donors (Lipinski definition) is 0. The van der Waals surface area contributed by atoms with E-state index in [9.17, 15) is 18.0 Å². The summed E-state index contributed by atoms with van der Waals surface area (Å²) >= 11 is 8.53. The van der Waals surface area contributed by atoms with Gasteiger partial charge >= 0.3 is 12.1 Å². The molecule has 0 spiro atoms. The number of ether oxygens (including phenoxy) is 1. The number of hydrogen-bond acceptors (Lipinski definition) is 2. The number of alkyl halides is 3. The van der Waals surface area contributed by atoms with Crippen molar-refractivity contribution in [2.45, 2.75) is 12.6 Å². The lowest BCUT2D eigenvalue weighted by Gasteiger charge is -2.12. The number of benzene rings is 1. The second kappa shape index (κ2) is 5.27. The molecule has 0 saturated heterocycles. The zero-order valence-electron chi connectivity index (χ0n) is 8.57. The Morgan fingerprint density at radius 3 is 2.53 bits per heavy atom. The van der Waals surface area contributed by atoms with Crippen LogP contribution in [0.5, 0.6) is 0 Å². The molecule has 1 rings (SSSR count). The molecule has 0 saturated carbocycles. The summed E-state index contributed by atoms with van der Waals surface area (Å²) in [5.41, 5.74) is -0.602. The number of carbonyl (C=O) groups is 1. The smallest absolute Gasteiger partial charge is 0.417 e. The van der Waals surface area contributed by atoms with Crippen LogP contribution >= 0.6 is 27.5 Å². The Labute approximate surface area is 109 Å². The fraction of sp³-hybridized carbons (Fsp3) is 0.300. The van der Waals surface area contributed by atoms with Gasteiger partial charge in [-0.25, -0.2) is 0 Å². The van der Waals surface area contributed by atoms with Gasteiger partial charge in [-0.05, 0) is 27.6 Å². The van der Waals surface area contributed by atoms with Crippen LogP contribution in [-0.2, 0) is 22.1 Å². The summed E-state index contributed by atoms with van der Waals surface area (Å²) in [5, 5.41) is -0.134. The molecule has 2 nitrogen and oxygen atoms in total. The predicted octanol–water partition coefficient (Wildman–Crippen LogP) is 3.84. The summed E-state index contributed by atoms with van der Waals surface area (Å²) in [5.74, 6) is -0.571. The Balaban J connectivity index is 3.15. The number of esters is 1. The number of carbonyl (C=O) groups excluding carboxylic acids is 1. The summed E-state index contributed by atoms with van der Waals surface area (Å²) < 4.78 is 41.7. The van der Waals surface area contributed by atoms with Crippen molar-refractivity contribution >= 4 is 33.5 Å². The maximum Gasteiger partial charge on any atom is 0.417 e. The van der Waals surface area contributed by atoms with Gasteiger partial charge in [0.05, 0.1) is 24.1 Å². The molecule has 0 radical (unpaired) electrons. The van der Waals surface area contributed by atoms with Crippen molar-refractivity contribution in [3.63, 3.8) is 0 Å². The minimum atomic E-state index is -4.49. The number of halogens is 5. The minimum Gasteiger partial charge on any atom is -0.469 e. The van der Waals surface area contributed by atoms with E-state index in [1.54, 1.807) is 0 Å². The molecule has 0 amide bonds. The molecule has 0 bridgehead atoms. The molecule has 0 N–H and O–H groups in total. The highest BCUT2D eigenvalue weighted by atomic mass is 79.9. The first-order chi connectivity index (χ1) is 7.77. The molecule has 7 heteroatoms. The largest absolute Gasteiger partial charge is 0.469 e. The highest BCUT2D eigenvalue weighted by Gasteiger charge is 2.34. The van der Waals surface area contributed by atoms with E-state index < -0.39 is 17.7 Å². The van der Waals surface area contributed by atoms with E-state index in [4.69, 9.17) is 11.6 Å². The first-order valence-corrected chi connectivity index (χ1v) is 5.55. The topological polar surface area (TPSA) is 26.3 Å². The van der Waals surface area contributed by atoms with Crippen LogP contribution in [0.1, 0.15) is 11.1 Å². The Morgan fingerprint density at radius 1 is 1.47 bits per heavy atom. The third-order valence-electron chi connectivity index (χ3n) is 2.03. The van der Waals surface area contributed by atoms with Crippen LogP contribution < -0.4 is 0 Å². The summed E-state index contributed by atoms with van der Waals surface area (Å²) in [7, 11) is 1.19. The molecule has 1 aromatic carbocycles. The van der Waals surface area contributed by atoms with Crippen molar-refractivity contribution in [3.8, 4) is 0 Å². The molecule has 1 aromatic rings. The van der Waals surface area contributed by atoms with Crippen LogP contribution in [0.25, 0.3) is 0 Å². The fourth-order valence-corrected chi connectivity index (χ4v) is 2.02. The molecule has 0 aliphatic rings. The zero-order valence-corrected chi connectivity index (χ0v) is 10.9. The highest BCUT2D eigenvalue weighted by Crippen LogP contribution is 2.39. The number of rotatable bonds is 2. The SMILES string of the molecule is COC(=O)Cc1ccc(C(F)(F)F)c(Br)c1Cl. The maximum atomic E-state index is 12.5. The van der Waals surface area contributed by atoms with Crippen molar-refractivity contribution in [1.82, 2.24) is 0 Å². The quantitative estimate of drug-likeness (QED) is 0.770. The lowest BCUT2D eigenvalue weighted by atomic mass is 10.1. The van der Waals surface area contributed by atoms with Crippen LogP contribution in [0, 0.1) is 0 Å². The van der Waals surface area contributed by atoms with Crippen molar-refractivity contribution in [2.75, 3.05) is 7.11 Å². The average molecular weight is 332 g/mol. The third-order valence-corrected chi connectivity index (χ3v) is 3.51. The third kappa shape index (κ3) is 3.35. The summed E-state index contributed by atoms with van der Waals surface area (Å²) in [4.78, 5) is 11.0. The van der Waals surface area contributed by atoms with E-state index in [0.29, 0.717) is 0 Å². The van der Waals surface area contributed by atoms with Gasteiger partial charge in [0.25, 0.3) is 0 Å². The van der Waals surface area contributed by atoms with Crippen molar-refractivity contribution in [2.24, 2.45) is 0 Å². The Kier molecular flexibility index (Phi) is 4.43. The molecule has 0 fully saturated rings. The molecule has 94 valence electrons. The normalized spacial score (nSPS) is 11.4. The molecule has 0 unspecified atom stereocenters. The molecular formula is C10H7BrClF3O2. The van der Waals surface area contributed by atoms with Crippen molar-refractivity contribution < 1.29 is 22.7 Å². The van der Waals surface area contributed by atoms with Crippen LogP contribution in [0.2, 0.25) is 5.02 Å². The van der Waals surface area contributed by atoms with E-state index >= 15 is 0 Å². The summed E-state index contributed by atoms with van der Waals surface area (Å²) in [6.07, 6.45) is -4.67. The predicted molar refractivity (Wildman–Crippen MR) is 59.9 cm³/mol. The van der Waals surface area contributed by atoms with E-state index in [-0.39, 0.29) is 21.5 Å². The number of methoxy groups -OCH3 is 1. The highest BCUT2D eigenvalue weighted by molar-refractivity contribution is 9.10. The van der Waals surface area contributed by atoms with Crippen molar-refractivity contribution in [3.05, 3.63) is 32.8 Å². The van der Waals surface area contributed by atoms with E-state index in [1.165, 1.54) is 7.11 Å². The van der Waals surface area contributed by atoms with Gasteiger partial charge in [0, 0.05) is 4.47 Å². The second-order valence-corrected chi connectivity index (χ2v) is 4.32. The first kappa shape index (κ1) is 14.3. The molecule has 0 atom stereocenters. The molecule has 17 heavy (non-hydrogen) atoms. The zero-order chi connectivity index (χ0) is 13.2. The van der Waals surface area contributed by atoms with Gasteiger partial charge in [0.15, 0.2) is 0 Å². The van der Waals surface area contributed by atoms with Gasteiger partial charge in [0.1, 0.15) is 0 Å². The van der Waals surface area contributed by atoms with E-state index in [0.717, 1.165) is 12.1 Å². The Hall–Kier alpha value is -0.750. The monoisotopic (exact) mass is 330 g/mol. The maximum absolute atomic E-state index is 12.5. The van der Waals surface area contributed by atoms with Gasteiger partial charge in [-0.15, -0.1) is 0 Å². The standard InChI is InChI=1S/C10H7BrClF3O2/c1-17-7(16)4-5-2-3-6(10(13,14)15)8(11)9(5)12/h2-3H,4H2,1H3. The van der Waals surface area contributed by atoms with Crippen LogP contribution in [0.15, 0.2) is 16.6 Å². The van der Waals surface area contributed by atoms with Crippen LogP contribution in [0.3, 0.4) is 0 Å². The van der Waals surface area contributed by atoms with Gasteiger partial charge < -0.3 is 4.74 Å². The minimum absolute atomic E-state index is 0.134. The first-order valence-electron chi connectivity index (χ1n) is 4.38. The fourth-order valence-electron chi connectivity index (χ4n) is 1.17. The lowest BCUT2D eigenvalue weighted by Crippen LogP contribution is -2.09. The molecule has 0 heterocycles. The van der Waals surface area contributed by atoms with Gasteiger partial charge in [-0.2, -0.15) is 13.2 Å². The van der Waals surface area contributed by atoms with E-state index in [1.807, 2.05) is 0 Å². The van der Waals surface area contributed by atoms with Gasteiger partial charge in [-0.1, -0.05) is 17.7 Å². The van der Waals surface area contributed by atoms with Crippen LogP contribution in [0.4, 0.5) is 13.2 Å². The van der Waals surface area contributed by atoms with Crippen LogP contribution in [-0.4, -0.2) is 13.1 Å². The lowest BCUT2D eigenvalue weighted by molar-refractivity contribution is -0.139. The van der Waals surface area contributed by atoms with E-state index in [2.05, 4.69) is 20.7 Å². The Bertz CT molecular complexity index is 446. The van der Waals surface area contributed by atoms with Gasteiger partial charge in [0.2, 0.25) is 0 Å². The summed E-state index contributed by atoms with van der Waals surface area (Å²) in [6, 6.07) is 2.03. The Morgan fingerprint density at radius 2 is 2.06 bits per heavy atom.